The molecule has 2 aromatic carbocycles. The molecular formula is C29H32F6N6O3. The van der Waals surface area contributed by atoms with Crippen LogP contribution in [0.4, 0.5) is 26.3 Å². The van der Waals surface area contributed by atoms with Gasteiger partial charge in [-0.25, -0.2) is 13.2 Å². The van der Waals surface area contributed by atoms with Gasteiger partial charge in [0.1, 0.15) is 11.6 Å². The molecular weight excluding hydrogens is 594 g/mol. The molecule has 9 nitrogen and oxygen atoms in total. The number of nitrogens with zero attached hydrogens (tertiary/aromatic N) is 4. The predicted molar refractivity (Wildman–Crippen MR) is 146 cm³/mol. The number of carbonyl (C=O) groups excluding carboxylic acids is 2. The fourth-order valence-electron chi connectivity index (χ4n) is 4.79. The Balaban J connectivity index is 1.45. The maximum Gasteiger partial charge on any atom is 0.451 e. The summed E-state index contributed by atoms with van der Waals surface area (Å²) < 4.78 is 88.0. The van der Waals surface area contributed by atoms with E-state index in [4.69, 9.17) is 10.5 Å². The van der Waals surface area contributed by atoms with Crippen LogP contribution in [-0.4, -0.2) is 56.7 Å². The number of halogens is 6. The first kappa shape index (κ1) is 32.8. The van der Waals surface area contributed by atoms with Crippen LogP contribution in [-0.2, 0) is 41.7 Å². The third-order valence-electron chi connectivity index (χ3n) is 7.16. The molecule has 0 aliphatic carbocycles. The molecule has 0 radical (unpaired) electrons. The molecule has 0 saturated heterocycles. The summed E-state index contributed by atoms with van der Waals surface area (Å²) in [5.41, 5.74) is 6.57. The molecule has 3 aromatic rings. The summed E-state index contributed by atoms with van der Waals surface area (Å²) in [4.78, 5) is 27.5. The highest BCUT2D eigenvalue weighted by Gasteiger charge is 2.40. The Labute approximate surface area is 249 Å². The van der Waals surface area contributed by atoms with Crippen molar-refractivity contribution in [1.29, 1.82) is 0 Å². The molecule has 2 unspecified atom stereocenters. The molecule has 15 heteroatoms. The monoisotopic (exact) mass is 626 g/mol. The molecule has 0 spiro atoms. The lowest BCUT2D eigenvalue weighted by Crippen LogP contribution is -2.49. The van der Waals surface area contributed by atoms with Crippen molar-refractivity contribution in [3.05, 3.63) is 76.6 Å². The largest absolute Gasteiger partial charge is 0.494 e. The van der Waals surface area contributed by atoms with Crippen LogP contribution in [0.5, 0.6) is 5.75 Å². The van der Waals surface area contributed by atoms with Crippen LogP contribution in [0.2, 0.25) is 0 Å². The number of nitrogens with one attached hydrogen (secondary N) is 1. The Morgan fingerprint density at radius 1 is 1.02 bits per heavy atom. The Hall–Kier alpha value is -4.14. The fourth-order valence-corrected chi connectivity index (χ4v) is 4.79. The van der Waals surface area contributed by atoms with E-state index in [1.54, 1.807) is 24.3 Å². The van der Waals surface area contributed by atoms with Gasteiger partial charge in [0.15, 0.2) is 17.5 Å². The maximum atomic E-state index is 14.5. The zero-order chi connectivity index (χ0) is 32.0. The van der Waals surface area contributed by atoms with E-state index in [9.17, 15) is 35.9 Å². The number of alkyl halides is 3. The quantitative estimate of drug-likeness (QED) is 0.179. The van der Waals surface area contributed by atoms with Crippen LogP contribution in [0.25, 0.3) is 0 Å². The average molecular weight is 627 g/mol. The molecule has 0 fully saturated rings. The van der Waals surface area contributed by atoms with Gasteiger partial charge < -0.3 is 25.3 Å². The number of hydrogen-bond donors (Lipinski definition) is 2. The molecule has 2 atom stereocenters. The first-order chi connectivity index (χ1) is 20.8. The second-order valence-corrected chi connectivity index (χ2v) is 10.5. The van der Waals surface area contributed by atoms with Crippen LogP contribution < -0.4 is 15.8 Å². The van der Waals surface area contributed by atoms with Gasteiger partial charge in [-0.1, -0.05) is 25.5 Å². The van der Waals surface area contributed by atoms with Crippen molar-refractivity contribution in [2.24, 2.45) is 5.73 Å². The first-order valence-electron chi connectivity index (χ1n) is 14.0. The minimum absolute atomic E-state index is 0.0760. The zero-order valence-corrected chi connectivity index (χ0v) is 23.8. The van der Waals surface area contributed by atoms with Gasteiger partial charge >= 0.3 is 6.18 Å². The van der Waals surface area contributed by atoms with Crippen molar-refractivity contribution in [1.82, 2.24) is 25.0 Å². The Bertz CT molecular complexity index is 1460. The lowest BCUT2D eigenvalue weighted by atomic mass is 10.00. The summed E-state index contributed by atoms with van der Waals surface area (Å²) >= 11 is 0. The Morgan fingerprint density at radius 3 is 2.41 bits per heavy atom. The lowest BCUT2D eigenvalue weighted by molar-refractivity contribution is -0.148. The van der Waals surface area contributed by atoms with Crippen LogP contribution in [0.1, 0.15) is 49.0 Å². The zero-order valence-electron chi connectivity index (χ0n) is 23.8. The van der Waals surface area contributed by atoms with Crippen LogP contribution in [0.15, 0.2) is 36.4 Å². The molecule has 1 aromatic heterocycles. The average Bonchev–Trinajstić information content (AvgIpc) is 3.41. The van der Waals surface area contributed by atoms with E-state index in [1.807, 2.05) is 6.92 Å². The van der Waals surface area contributed by atoms with Gasteiger partial charge in [-0.2, -0.15) is 13.2 Å². The molecule has 2 amide bonds. The summed E-state index contributed by atoms with van der Waals surface area (Å²) in [7, 11) is 0. The van der Waals surface area contributed by atoms with E-state index < -0.39 is 59.8 Å². The van der Waals surface area contributed by atoms with Gasteiger partial charge in [0.2, 0.25) is 17.6 Å². The van der Waals surface area contributed by atoms with Gasteiger partial charge in [0.05, 0.1) is 19.2 Å². The minimum Gasteiger partial charge on any atom is -0.494 e. The number of hydrogen-bond acceptors (Lipinski definition) is 6. The number of fused-ring (bicyclic) bond motifs is 1. The normalized spacial score (nSPS) is 14.6. The summed E-state index contributed by atoms with van der Waals surface area (Å²) in [6.07, 6.45) is -3.53. The number of ether oxygens (including phenoxy) is 1. The number of aromatic nitrogens is 3. The van der Waals surface area contributed by atoms with E-state index >= 15 is 0 Å². The molecule has 1 aliphatic heterocycles. The number of rotatable bonds is 12. The second kappa shape index (κ2) is 14.1. The molecule has 0 saturated carbocycles. The topological polar surface area (TPSA) is 115 Å². The van der Waals surface area contributed by atoms with Gasteiger partial charge in [-0.15, -0.1) is 10.2 Å². The predicted octanol–water partition coefficient (Wildman–Crippen LogP) is 3.92. The van der Waals surface area contributed by atoms with Crippen molar-refractivity contribution in [2.75, 3.05) is 13.2 Å². The summed E-state index contributed by atoms with van der Waals surface area (Å²) in [6, 6.07) is 5.82. The van der Waals surface area contributed by atoms with Crippen LogP contribution >= 0.6 is 0 Å². The molecule has 4 rings (SSSR count). The number of carbonyl (C=O) groups is 2. The van der Waals surface area contributed by atoms with E-state index in [2.05, 4.69) is 15.5 Å². The van der Waals surface area contributed by atoms with E-state index in [0.717, 1.165) is 23.0 Å². The highest BCUT2D eigenvalue weighted by atomic mass is 19.4. The Kier molecular flexibility index (Phi) is 10.5. The van der Waals surface area contributed by atoms with Crippen molar-refractivity contribution in [3.63, 3.8) is 0 Å². The fraction of sp³-hybridized carbons (Fsp3) is 0.448. The maximum absolute atomic E-state index is 14.5. The van der Waals surface area contributed by atoms with Gasteiger partial charge in [0, 0.05) is 31.6 Å². The van der Waals surface area contributed by atoms with Crippen LogP contribution in [0, 0.1) is 17.5 Å². The lowest BCUT2D eigenvalue weighted by Gasteiger charge is -2.30. The smallest absolute Gasteiger partial charge is 0.451 e. The van der Waals surface area contributed by atoms with E-state index in [1.165, 1.54) is 4.90 Å². The van der Waals surface area contributed by atoms with Gasteiger partial charge in [0.25, 0.3) is 0 Å². The highest BCUT2D eigenvalue weighted by Crippen LogP contribution is 2.29. The Morgan fingerprint density at radius 2 is 1.73 bits per heavy atom. The van der Waals surface area contributed by atoms with E-state index in [-0.39, 0.29) is 43.9 Å². The third-order valence-corrected chi connectivity index (χ3v) is 7.16. The first-order valence-corrected chi connectivity index (χ1v) is 14.0. The van der Waals surface area contributed by atoms with Gasteiger partial charge in [-0.3, -0.25) is 9.59 Å². The summed E-state index contributed by atoms with van der Waals surface area (Å²) in [6.45, 7) is 2.02. The summed E-state index contributed by atoms with van der Waals surface area (Å²) in [5.74, 6) is -5.64. The second-order valence-electron chi connectivity index (χ2n) is 10.5. The number of nitrogens with two attached hydrogens (primary N) is 1. The van der Waals surface area contributed by atoms with Gasteiger partial charge in [-0.05, 0) is 48.6 Å². The minimum atomic E-state index is -4.72. The van der Waals surface area contributed by atoms with Crippen molar-refractivity contribution < 1.29 is 40.7 Å². The third kappa shape index (κ3) is 8.27. The van der Waals surface area contributed by atoms with Crippen LogP contribution in [0.3, 0.4) is 0 Å². The van der Waals surface area contributed by atoms with E-state index in [0.29, 0.717) is 24.5 Å². The number of unbranched alkanes of at least 4 members (excludes halogenated alkanes) is 1. The SMILES string of the molecule is CCCCOc1ccc(CC(N)C(=O)NC(CC(=O)N2CCn3c(nnc3C(F)(F)F)C2)Cc2cc(F)c(F)cc2F)cc1. The molecule has 0 bridgehead atoms. The van der Waals surface area contributed by atoms with Crippen molar-refractivity contribution in [2.45, 2.75) is 70.4 Å². The number of amides is 2. The summed E-state index contributed by atoms with van der Waals surface area (Å²) in [5, 5.41) is 9.33. The molecule has 238 valence electrons. The van der Waals surface area contributed by atoms with Crippen molar-refractivity contribution in [3.8, 4) is 5.75 Å². The molecule has 2 heterocycles. The molecule has 3 N–H and O–H groups in total. The van der Waals surface area contributed by atoms with Crippen molar-refractivity contribution >= 4 is 11.8 Å². The number of benzene rings is 2. The molecule has 44 heavy (non-hydrogen) atoms. The molecule has 1 aliphatic rings. The highest BCUT2D eigenvalue weighted by molar-refractivity contribution is 5.83. The standard InChI is InChI=1S/C29H32F6N6O3/c1-2-3-10-44-20-6-4-17(5-7-20)11-24(36)27(43)37-19(12-18-13-22(31)23(32)15-21(18)30)14-26(42)40-8-9-41-25(16-40)38-39-28(41)29(33,34)35/h4-7,13,15,19,24H,2-3,8-12,14,16,36H2,1H3,(H,37,43).